The van der Waals surface area contributed by atoms with E-state index in [4.69, 9.17) is 11.6 Å². The number of allylic oxidation sites excluding steroid dienone is 2. The van der Waals surface area contributed by atoms with Crippen LogP contribution in [0.15, 0.2) is 97.1 Å². The van der Waals surface area contributed by atoms with Gasteiger partial charge in [0.05, 0.1) is 22.5 Å². The maximum Gasteiger partial charge on any atom is 0.238 e. The maximum absolute atomic E-state index is 13.7. The first-order chi connectivity index (χ1) is 14.7. The number of rotatable bonds is 3. The van der Waals surface area contributed by atoms with E-state index in [0.717, 1.165) is 11.1 Å². The van der Waals surface area contributed by atoms with Crippen LogP contribution in [-0.4, -0.2) is 11.8 Å². The van der Waals surface area contributed by atoms with Gasteiger partial charge in [-0.2, -0.15) is 0 Å². The highest BCUT2D eigenvalue weighted by atomic mass is 35.5. The van der Waals surface area contributed by atoms with Gasteiger partial charge in [-0.05, 0) is 23.3 Å². The predicted octanol–water partition coefficient (Wildman–Crippen LogP) is 5.58. The molecule has 1 heterocycles. The molecular weight excluding hydrogens is 394 g/mol. The minimum absolute atomic E-state index is 0.153. The molecule has 30 heavy (non-hydrogen) atoms. The Balaban J connectivity index is 1.65. The molecule has 0 N–H and O–H groups in total. The van der Waals surface area contributed by atoms with Crippen LogP contribution in [0.25, 0.3) is 0 Å². The highest BCUT2D eigenvalue weighted by molar-refractivity contribution is 6.36. The van der Waals surface area contributed by atoms with Gasteiger partial charge in [-0.25, -0.2) is 4.90 Å². The van der Waals surface area contributed by atoms with Gasteiger partial charge < -0.3 is 0 Å². The van der Waals surface area contributed by atoms with Crippen molar-refractivity contribution in [1.29, 1.82) is 0 Å². The zero-order valence-electron chi connectivity index (χ0n) is 16.2. The predicted molar refractivity (Wildman–Crippen MR) is 118 cm³/mol. The van der Waals surface area contributed by atoms with E-state index < -0.39 is 11.8 Å². The molecule has 4 atom stereocenters. The molecule has 2 amide bonds. The molecule has 3 nitrogen and oxygen atoms in total. The van der Waals surface area contributed by atoms with Crippen LogP contribution in [0.2, 0.25) is 5.02 Å². The molecule has 0 bridgehead atoms. The highest BCUT2D eigenvalue weighted by Gasteiger charge is 2.55. The topological polar surface area (TPSA) is 37.4 Å². The number of nitrogens with zero attached hydrogens (tertiary/aromatic N) is 1. The van der Waals surface area contributed by atoms with E-state index in [-0.39, 0.29) is 23.7 Å². The second-order valence-electron chi connectivity index (χ2n) is 7.77. The Morgan fingerprint density at radius 1 is 0.600 bits per heavy atom. The maximum atomic E-state index is 13.7. The lowest BCUT2D eigenvalue weighted by Crippen LogP contribution is -2.31. The normalized spacial score (nSPS) is 25.4. The number of halogens is 1. The highest BCUT2D eigenvalue weighted by Crippen LogP contribution is 2.50. The number of para-hydroxylation sites is 1. The third-order valence-corrected chi connectivity index (χ3v) is 6.48. The van der Waals surface area contributed by atoms with E-state index in [1.165, 1.54) is 4.90 Å². The van der Waals surface area contributed by atoms with Gasteiger partial charge in [0.1, 0.15) is 0 Å². The Hall–Kier alpha value is -3.17. The smallest absolute Gasteiger partial charge is 0.238 e. The Labute approximate surface area is 180 Å². The Morgan fingerprint density at radius 2 is 1.03 bits per heavy atom. The number of carbonyl (C=O) groups excluding carboxylic acids is 2. The van der Waals surface area contributed by atoms with Crippen LogP contribution >= 0.6 is 11.6 Å². The van der Waals surface area contributed by atoms with Crippen molar-refractivity contribution in [3.8, 4) is 0 Å². The first kappa shape index (κ1) is 18.8. The molecule has 0 radical (unpaired) electrons. The quantitative estimate of drug-likeness (QED) is 0.415. The van der Waals surface area contributed by atoms with Crippen LogP contribution in [0, 0.1) is 11.8 Å². The summed E-state index contributed by atoms with van der Waals surface area (Å²) in [6.45, 7) is 0. The SMILES string of the molecule is O=C1[C@H]2[C@H](C(=O)N1c1ccccc1Cl)[C@@H](c1ccccc1)C=C[C@@H]2c1ccccc1. The first-order valence-electron chi connectivity index (χ1n) is 10.1. The Morgan fingerprint density at radius 3 is 1.50 bits per heavy atom. The van der Waals surface area contributed by atoms with Crippen LogP contribution < -0.4 is 4.90 Å². The summed E-state index contributed by atoms with van der Waals surface area (Å²) >= 11 is 6.38. The van der Waals surface area contributed by atoms with E-state index in [1.54, 1.807) is 24.3 Å². The fraction of sp³-hybridized carbons (Fsp3) is 0.154. The molecule has 1 saturated heterocycles. The van der Waals surface area contributed by atoms with Crippen LogP contribution in [0.1, 0.15) is 23.0 Å². The average Bonchev–Trinajstić information content (AvgIpc) is 3.06. The van der Waals surface area contributed by atoms with Crippen molar-refractivity contribution < 1.29 is 9.59 Å². The molecule has 0 saturated carbocycles. The number of carbonyl (C=O) groups is 2. The Kier molecular flexibility index (Phi) is 4.76. The van der Waals surface area contributed by atoms with Gasteiger partial charge >= 0.3 is 0 Å². The van der Waals surface area contributed by atoms with Crippen LogP contribution in [0.5, 0.6) is 0 Å². The molecule has 2 aliphatic rings. The molecule has 1 aliphatic heterocycles. The van der Waals surface area contributed by atoms with Crippen LogP contribution in [0.3, 0.4) is 0 Å². The summed E-state index contributed by atoms with van der Waals surface area (Å²) < 4.78 is 0. The van der Waals surface area contributed by atoms with E-state index >= 15 is 0 Å². The van der Waals surface area contributed by atoms with Gasteiger partial charge in [0.2, 0.25) is 11.8 Å². The standard InChI is InChI=1S/C26H20ClNO2/c27-21-13-7-8-14-22(21)28-25(29)23-19(17-9-3-1-4-10-17)15-16-20(24(23)26(28)30)18-11-5-2-6-12-18/h1-16,19-20,23-24H/t19-,20-,23-,24-/m1/s1. The van der Waals surface area contributed by atoms with E-state index in [1.807, 2.05) is 60.7 Å². The molecule has 0 unspecified atom stereocenters. The number of benzene rings is 3. The largest absolute Gasteiger partial charge is 0.274 e. The molecule has 0 spiro atoms. The Bertz CT molecular complexity index is 1060. The summed E-state index contributed by atoms with van der Waals surface area (Å²) in [7, 11) is 0. The van der Waals surface area contributed by atoms with Crippen LogP contribution in [0.4, 0.5) is 5.69 Å². The van der Waals surface area contributed by atoms with Crippen molar-refractivity contribution in [2.75, 3.05) is 4.90 Å². The lowest BCUT2D eigenvalue weighted by atomic mass is 9.68. The van der Waals surface area contributed by atoms with Crippen molar-refractivity contribution in [3.05, 3.63) is 113 Å². The molecule has 3 aromatic carbocycles. The number of fused-ring (bicyclic) bond motifs is 1. The van der Waals surface area contributed by atoms with E-state index in [9.17, 15) is 9.59 Å². The van der Waals surface area contributed by atoms with Gasteiger partial charge in [-0.3, -0.25) is 9.59 Å². The summed E-state index contributed by atoms with van der Waals surface area (Å²) in [5.74, 6) is -1.60. The fourth-order valence-corrected chi connectivity index (χ4v) is 5.02. The van der Waals surface area contributed by atoms with Crippen molar-refractivity contribution in [2.45, 2.75) is 11.8 Å². The summed E-state index contributed by atoms with van der Waals surface area (Å²) in [5, 5.41) is 0.401. The third-order valence-electron chi connectivity index (χ3n) is 6.16. The van der Waals surface area contributed by atoms with Crippen molar-refractivity contribution in [3.63, 3.8) is 0 Å². The average molecular weight is 414 g/mol. The number of imide groups is 1. The molecule has 3 aromatic rings. The minimum Gasteiger partial charge on any atom is -0.274 e. The molecular formula is C26H20ClNO2. The van der Waals surface area contributed by atoms with Crippen molar-refractivity contribution >= 4 is 29.1 Å². The monoisotopic (exact) mass is 413 g/mol. The second kappa shape index (κ2) is 7.58. The summed E-state index contributed by atoms with van der Waals surface area (Å²) in [6.07, 6.45) is 4.19. The number of hydrogen-bond acceptors (Lipinski definition) is 2. The third kappa shape index (κ3) is 2.98. The van der Waals surface area contributed by atoms with Gasteiger partial charge in [0.15, 0.2) is 0 Å². The fourth-order valence-electron chi connectivity index (χ4n) is 4.80. The lowest BCUT2D eigenvalue weighted by Gasteiger charge is -2.32. The summed E-state index contributed by atoms with van der Waals surface area (Å²) in [6, 6.07) is 26.9. The van der Waals surface area contributed by atoms with Crippen molar-refractivity contribution in [2.24, 2.45) is 11.8 Å². The number of anilines is 1. The molecule has 4 heteroatoms. The molecule has 5 rings (SSSR count). The molecule has 1 fully saturated rings. The molecule has 0 aromatic heterocycles. The van der Waals surface area contributed by atoms with E-state index in [2.05, 4.69) is 12.2 Å². The molecule has 1 aliphatic carbocycles. The van der Waals surface area contributed by atoms with Gasteiger partial charge in [-0.1, -0.05) is 96.5 Å². The minimum atomic E-state index is -0.466. The van der Waals surface area contributed by atoms with Crippen LogP contribution in [-0.2, 0) is 9.59 Å². The van der Waals surface area contributed by atoms with E-state index in [0.29, 0.717) is 10.7 Å². The molecule has 148 valence electrons. The zero-order valence-corrected chi connectivity index (χ0v) is 16.9. The van der Waals surface area contributed by atoms with Gasteiger partial charge in [-0.15, -0.1) is 0 Å². The lowest BCUT2D eigenvalue weighted by molar-refractivity contribution is -0.122. The number of hydrogen-bond donors (Lipinski definition) is 0. The van der Waals surface area contributed by atoms with Gasteiger partial charge in [0, 0.05) is 11.8 Å². The van der Waals surface area contributed by atoms with Gasteiger partial charge in [0.25, 0.3) is 0 Å². The summed E-state index contributed by atoms with van der Waals surface area (Å²) in [5.41, 5.74) is 2.54. The second-order valence-corrected chi connectivity index (χ2v) is 8.18. The first-order valence-corrected chi connectivity index (χ1v) is 10.4. The number of amides is 2. The van der Waals surface area contributed by atoms with Crippen molar-refractivity contribution in [1.82, 2.24) is 0 Å². The zero-order chi connectivity index (χ0) is 20.7. The summed E-state index contributed by atoms with van der Waals surface area (Å²) in [4.78, 5) is 28.7.